The molecule has 2 aromatic carbocycles. The Morgan fingerprint density at radius 2 is 1.94 bits per heavy atom. The van der Waals surface area contributed by atoms with Crippen molar-refractivity contribution in [3.8, 4) is 0 Å². The highest BCUT2D eigenvalue weighted by molar-refractivity contribution is 6.10. The van der Waals surface area contributed by atoms with Crippen molar-refractivity contribution >= 4 is 27.4 Å². The number of aromatic amines is 1. The van der Waals surface area contributed by atoms with Gasteiger partial charge in [-0.15, -0.1) is 0 Å². The monoisotopic (exact) mass is 211 g/mol. The van der Waals surface area contributed by atoms with Gasteiger partial charge in [0.2, 0.25) is 0 Å². The van der Waals surface area contributed by atoms with Crippen LogP contribution < -0.4 is 11.4 Å². The molecule has 3 rings (SSSR count). The minimum atomic E-state index is -0.345. The first-order valence-electron chi connectivity index (χ1n) is 4.92. The highest BCUT2D eigenvalue weighted by Crippen LogP contribution is 2.27. The molecule has 3 aromatic rings. The lowest BCUT2D eigenvalue weighted by molar-refractivity contribution is 1.12. The van der Waals surface area contributed by atoms with Gasteiger partial charge in [-0.3, -0.25) is 0 Å². The van der Waals surface area contributed by atoms with Crippen molar-refractivity contribution in [3.05, 3.63) is 47.0 Å². The lowest BCUT2D eigenvalue weighted by Crippen LogP contribution is -2.08. The Hall–Kier alpha value is -2.36. The van der Waals surface area contributed by atoms with Gasteiger partial charge in [-0.1, -0.05) is 24.3 Å². The standard InChI is InChI=1S/C12H9N3O/c13-10-5-7-6-14-12(16)15-11(7)9-4-2-1-3-8(9)10/h1-6H,13H2,(H,14,15,16). The molecule has 0 amide bonds. The quantitative estimate of drug-likeness (QED) is 0.438. The van der Waals surface area contributed by atoms with Gasteiger partial charge in [0.05, 0.1) is 5.52 Å². The first-order valence-corrected chi connectivity index (χ1v) is 4.92. The molecule has 0 aliphatic heterocycles. The van der Waals surface area contributed by atoms with E-state index in [0.29, 0.717) is 5.69 Å². The molecule has 0 aliphatic carbocycles. The van der Waals surface area contributed by atoms with Crippen molar-refractivity contribution in [3.63, 3.8) is 0 Å². The molecule has 0 saturated heterocycles. The smallest absolute Gasteiger partial charge is 0.345 e. The van der Waals surface area contributed by atoms with Crippen LogP contribution in [0.1, 0.15) is 0 Å². The summed E-state index contributed by atoms with van der Waals surface area (Å²) >= 11 is 0. The molecule has 0 bridgehead atoms. The molecule has 0 fully saturated rings. The van der Waals surface area contributed by atoms with Gasteiger partial charge >= 0.3 is 5.69 Å². The zero-order valence-corrected chi connectivity index (χ0v) is 8.40. The van der Waals surface area contributed by atoms with Gasteiger partial charge in [-0.05, 0) is 6.07 Å². The van der Waals surface area contributed by atoms with Crippen molar-refractivity contribution in [2.24, 2.45) is 0 Å². The Kier molecular flexibility index (Phi) is 1.71. The maximum atomic E-state index is 11.2. The number of H-pyrrole nitrogens is 1. The summed E-state index contributed by atoms with van der Waals surface area (Å²) in [6, 6.07) is 9.53. The van der Waals surface area contributed by atoms with Gasteiger partial charge in [-0.2, -0.15) is 0 Å². The molecular weight excluding hydrogens is 202 g/mol. The summed E-state index contributed by atoms with van der Waals surface area (Å²) < 4.78 is 0. The van der Waals surface area contributed by atoms with Crippen molar-refractivity contribution in [1.29, 1.82) is 0 Å². The molecule has 4 heteroatoms. The highest BCUT2D eigenvalue weighted by Gasteiger charge is 2.04. The second-order valence-corrected chi connectivity index (χ2v) is 3.66. The van der Waals surface area contributed by atoms with Gasteiger partial charge in [0.1, 0.15) is 0 Å². The minimum Gasteiger partial charge on any atom is -0.398 e. The topological polar surface area (TPSA) is 71.8 Å². The van der Waals surface area contributed by atoms with Crippen molar-refractivity contribution in [2.45, 2.75) is 0 Å². The summed E-state index contributed by atoms with van der Waals surface area (Å²) in [7, 11) is 0. The van der Waals surface area contributed by atoms with Gasteiger partial charge in [0.15, 0.2) is 0 Å². The van der Waals surface area contributed by atoms with E-state index in [1.54, 1.807) is 0 Å². The van der Waals surface area contributed by atoms with Gasteiger partial charge < -0.3 is 10.7 Å². The molecule has 0 atom stereocenters. The largest absolute Gasteiger partial charge is 0.398 e. The summed E-state index contributed by atoms with van der Waals surface area (Å²) in [6.07, 6.45) is 1.54. The average molecular weight is 211 g/mol. The van der Waals surface area contributed by atoms with Crippen LogP contribution in [0.2, 0.25) is 0 Å². The van der Waals surface area contributed by atoms with E-state index in [2.05, 4.69) is 9.97 Å². The van der Waals surface area contributed by atoms with Gasteiger partial charge in [-0.25, -0.2) is 9.78 Å². The second kappa shape index (κ2) is 3.06. The van der Waals surface area contributed by atoms with Crippen LogP contribution in [0.15, 0.2) is 41.3 Å². The first kappa shape index (κ1) is 8.91. The summed E-state index contributed by atoms with van der Waals surface area (Å²) in [4.78, 5) is 17.6. The number of hydrogen-bond acceptors (Lipinski definition) is 3. The van der Waals surface area contributed by atoms with Crippen LogP contribution in [-0.2, 0) is 0 Å². The molecule has 0 unspecified atom stereocenters. The predicted molar refractivity (Wildman–Crippen MR) is 64.3 cm³/mol. The maximum absolute atomic E-state index is 11.2. The third-order valence-electron chi connectivity index (χ3n) is 2.66. The Balaban J connectivity index is 2.66. The van der Waals surface area contributed by atoms with E-state index in [0.717, 1.165) is 21.7 Å². The van der Waals surface area contributed by atoms with Crippen LogP contribution in [0, 0.1) is 0 Å². The molecule has 3 N–H and O–H groups in total. The normalized spacial score (nSPS) is 11.0. The van der Waals surface area contributed by atoms with Crippen LogP contribution in [0.5, 0.6) is 0 Å². The zero-order valence-electron chi connectivity index (χ0n) is 8.40. The van der Waals surface area contributed by atoms with Gasteiger partial charge in [0.25, 0.3) is 0 Å². The lowest BCUT2D eigenvalue weighted by Gasteiger charge is -2.05. The predicted octanol–water partition coefficient (Wildman–Crippen LogP) is 1.66. The van der Waals surface area contributed by atoms with Crippen LogP contribution in [0.25, 0.3) is 21.7 Å². The number of nitrogens with two attached hydrogens (primary N) is 1. The van der Waals surface area contributed by atoms with E-state index < -0.39 is 0 Å². The number of benzene rings is 2. The van der Waals surface area contributed by atoms with Crippen molar-refractivity contribution in [2.75, 3.05) is 5.73 Å². The maximum Gasteiger partial charge on any atom is 0.345 e. The Bertz CT molecular complexity index is 746. The van der Waals surface area contributed by atoms with Crippen LogP contribution in [0.3, 0.4) is 0 Å². The van der Waals surface area contributed by atoms with E-state index in [9.17, 15) is 4.79 Å². The highest BCUT2D eigenvalue weighted by atomic mass is 16.1. The Morgan fingerprint density at radius 1 is 1.19 bits per heavy atom. The molecule has 16 heavy (non-hydrogen) atoms. The van der Waals surface area contributed by atoms with E-state index in [1.165, 1.54) is 6.20 Å². The number of nitrogen functional groups attached to an aromatic ring is 1. The third-order valence-corrected chi connectivity index (χ3v) is 2.66. The van der Waals surface area contributed by atoms with Crippen molar-refractivity contribution < 1.29 is 0 Å². The van der Waals surface area contributed by atoms with Crippen molar-refractivity contribution in [1.82, 2.24) is 9.97 Å². The fraction of sp³-hybridized carbons (Fsp3) is 0. The Labute approximate surface area is 90.7 Å². The molecule has 0 radical (unpaired) electrons. The van der Waals surface area contributed by atoms with E-state index in [-0.39, 0.29) is 5.69 Å². The zero-order chi connectivity index (χ0) is 11.1. The summed E-state index contributed by atoms with van der Waals surface area (Å²) in [6.45, 7) is 0. The average Bonchev–Trinajstić information content (AvgIpc) is 2.31. The molecule has 0 saturated carbocycles. The van der Waals surface area contributed by atoms with Crippen LogP contribution >= 0.6 is 0 Å². The molecule has 4 nitrogen and oxygen atoms in total. The fourth-order valence-corrected chi connectivity index (χ4v) is 1.93. The lowest BCUT2D eigenvalue weighted by atomic mass is 10.1. The third kappa shape index (κ3) is 1.16. The SMILES string of the molecule is Nc1cc2cnc(=O)[nH]c2c2ccccc12. The number of anilines is 1. The minimum absolute atomic E-state index is 0.345. The molecule has 1 heterocycles. The Morgan fingerprint density at radius 3 is 2.75 bits per heavy atom. The second-order valence-electron chi connectivity index (χ2n) is 3.66. The van der Waals surface area contributed by atoms with E-state index >= 15 is 0 Å². The molecule has 0 aliphatic rings. The fourth-order valence-electron chi connectivity index (χ4n) is 1.93. The summed E-state index contributed by atoms with van der Waals surface area (Å²) in [5.41, 5.74) is 7.07. The van der Waals surface area contributed by atoms with Gasteiger partial charge in [0, 0.05) is 28.0 Å². The van der Waals surface area contributed by atoms with E-state index in [1.807, 2.05) is 30.3 Å². The number of nitrogens with zero attached hydrogens (tertiary/aromatic N) is 1. The number of aromatic nitrogens is 2. The number of rotatable bonds is 0. The number of fused-ring (bicyclic) bond motifs is 3. The number of hydrogen-bond donors (Lipinski definition) is 2. The number of nitrogens with one attached hydrogen (secondary N) is 1. The van der Waals surface area contributed by atoms with Crippen LogP contribution in [-0.4, -0.2) is 9.97 Å². The molecule has 0 spiro atoms. The molecular formula is C12H9N3O. The van der Waals surface area contributed by atoms with E-state index in [4.69, 9.17) is 5.73 Å². The summed E-state index contributed by atoms with van der Waals surface area (Å²) in [5.74, 6) is 0. The summed E-state index contributed by atoms with van der Waals surface area (Å²) in [5, 5.41) is 2.73. The first-order chi connectivity index (χ1) is 7.75. The molecule has 78 valence electrons. The van der Waals surface area contributed by atoms with Crippen LogP contribution in [0.4, 0.5) is 5.69 Å². The molecule has 1 aromatic heterocycles.